The molecule has 1 fully saturated rings. The van der Waals surface area contributed by atoms with Crippen molar-refractivity contribution >= 4 is 5.91 Å². The first-order valence-electron chi connectivity index (χ1n) is 8.18. The number of benzene rings is 1. The zero-order chi connectivity index (χ0) is 15.8. The fraction of sp³-hybridized carbons (Fsp3) is 0.556. The van der Waals surface area contributed by atoms with Gasteiger partial charge in [-0.2, -0.15) is 5.26 Å². The molecule has 0 spiro atoms. The normalized spacial score (nSPS) is 18.2. The number of amides is 1. The highest BCUT2D eigenvalue weighted by Crippen LogP contribution is 2.31. The van der Waals surface area contributed by atoms with E-state index in [2.05, 4.69) is 17.6 Å². The molecule has 1 amide bonds. The van der Waals surface area contributed by atoms with Crippen LogP contribution in [0.25, 0.3) is 0 Å². The van der Waals surface area contributed by atoms with Crippen molar-refractivity contribution in [3.8, 4) is 6.19 Å². The lowest BCUT2D eigenvalue weighted by Gasteiger charge is -2.33. The molecule has 118 valence electrons. The highest BCUT2D eigenvalue weighted by atomic mass is 16.2. The molecule has 0 aliphatic heterocycles. The van der Waals surface area contributed by atoms with Crippen LogP contribution in [0.3, 0.4) is 0 Å². The van der Waals surface area contributed by atoms with Crippen molar-refractivity contribution in [2.45, 2.75) is 51.6 Å². The first-order chi connectivity index (χ1) is 10.7. The lowest BCUT2D eigenvalue weighted by molar-refractivity contribution is -0.123. The molecule has 1 aliphatic carbocycles. The van der Waals surface area contributed by atoms with E-state index < -0.39 is 0 Å². The summed E-state index contributed by atoms with van der Waals surface area (Å²) in [5.41, 5.74) is 1.15. The second kappa shape index (κ2) is 8.55. The first-order valence-corrected chi connectivity index (χ1v) is 8.18. The van der Waals surface area contributed by atoms with Gasteiger partial charge in [0.05, 0.1) is 6.04 Å². The average molecular weight is 299 g/mol. The minimum atomic E-state index is -0.317. The zero-order valence-electron chi connectivity index (χ0n) is 13.2. The summed E-state index contributed by atoms with van der Waals surface area (Å²) in [5.74, 6) is 0.584. The summed E-state index contributed by atoms with van der Waals surface area (Å²) in [6.07, 6.45) is 7.94. The molecule has 2 unspecified atom stereocenters. The number of nitrogens with zero attached hydrogens (tertiary/aromatic N) is 1. The van der Waals surface area contributed by atoms with Gasteiger partial charge in [-0.05, 0) is 17.4 Å². The summed E-state index contributed by atoms with van der Waals surface area (Å²) in [6.45, 7) is 2.77. The maximum Gasteiger partial charge on any atom is 0.250 e. The van der Waals surface area contributed by atoms with Gasteiger partial charge in [-0.1, -0.05) is 69.4 Å². The van der Waals surface area contributed by atoms with Crippen LogP contribution < -0.4 is 10.6 Å². The monoisotopic (exact) mass is 299 g/mol. The Morgan fingerprint density at radius 3 is 2.59 bits per heavy atom. The molecule has 0 heterocycles. The second-order valence-corrected chi connectivity index (χ2v) is 6.20. The Morgan fingerprint density at radius 2 is 1.95 bits per heavy atom. The largest absolute Gasteiger partial charge is 0.301 e. The third-order valence-electron chi connectivity index (χ3n) is 4.75. The fourth-order valence-corrected chi connectivity index (χ4v) is 3.41. The highest BCUT2D eigenvalue weighted by molar-refractivity contribution is 5.83. The van der Waals surface area contributed by atoms with E-state index in [4.69, 9.17) is 5.26 Å². The molecule has 4 nitrogen and oxygen atoms in total. The van der Waals surface area contributed by atoms with E-state index in [9.17, 15) is 4.79 Å². The summed E-state index contributed by atoms with van der Waals surface area (Å²) in [4.78, 5) is 12.3. The van der Waals surface area contributed by atoms with Crippen LogP contribution in [0.4, 0.5) is 0 Å². The fourth-order valence-electron chi connectivity index (χ4n) is 3.41. The predicted molar refractivity (Wildman–Crippen MR) is 86.6 cm³/mol. The van der Waals surface area contributed by atoms with Gasteiger partial charge < -0.3 is 5.32 Å². The van der Waals surface area contributed by atoms with Crippen LogP contribution in [-0.2, 0) is 11.3 Å². The predicted octanol–water partition coefficient (Wildman–Crippen LogP) is 2.96. The van der Waals surface area contributed by atoms with Gasteiger partial charge in [0, 0.05) is 6.54 Å². The molecule has 1 aromatic carbocycles. The van der Waals surface area contributed by atoms with E-state index in [0.717, 1.165) is 5.56 Å². The van der Waals surface area contributed by atoms with E-state index in [1.54, 1.807) is 6.19 Å². The number of nitrogens with one attached hydrogen (secondary N) is 2. The van der Waals surface area contributed by atoms with Crippen molar-refractivity contribution in [1.82, 2.24) is 10.6 Å². The molecule has 2 N–H and O–H groups in total. The smallest absolute Gasteiger partial charge is 0.250 e. The molecule has 2 atom stereocenters. The number of hydrogen-bond donors (Lipinski definition) is 2. The lowest BCUT2D eigenvalue weighted by atomic mass is 9.77. The van der Waals surface area contributed by atoms with Crippen molar-refractivity contribution in [2.24, 2.45) is 11.8 Å². The number of nitriles is 1. The van der Waals surface area contributed by atoms with Gasteiger partial charge in [0.15, 0.2) is 6.19 Å². The molecule has 2 rings (SSSR count). The van der Waals surface area contributed by atoms with Crippen LogP contribution in [0.1, 0.15) is 44.6 Å². The molecule has 1 aliphatic rings. The van der Waals surface area contributed by atoms with Crippen molar-refractivity contribution in [3.63, 3.8) is 0 Å². The quantitative estimate of drug-likeness (QED) is 0.627. The van der Waals surface area contributed by atoms with E-state index in [-0.39, 0.29) is 17.9 Å². The third-order valence-corrected chi connectivity index (χ3v) is 4.75. The van der Waals surface area contributed by atoms with Gasteiger partial charge in [-0.25, -0.2) is 0 Å². The number of hydrogen-bond acceptors (Lipinski definition) is 3. The number of carbonyl (C=O) groups is 1. The molecule has 0 bridgehead atoms. The summed E-state index contributed by atoms with van der Waals surface area (Å²) in [7, 11) is 0. The maximum atomic E-state index is 12.3. The Labute approximate surface area is 132 Å². The Hall–Kier alpha value is -1.86. The van der Waals surface area contributed by atoms with Crippen LogP contribution in [0.5, 0.6) is 0 Å². The molecular formula is C18H25N3O. The molecule has 0 radical (unpaired) electrons. The molecule has 1 aromatic rings. The van der Waals surface area contributed by atoms with Crippen molar-refractivity contribution in [1.29, 1.82) is 5.26 Å². The van der Waals surface area contributed by atoms with Gasteiger partial charge in [-0.15, -0.1) is 0 Å². The van der Waals surface area contributed by atoms with Gasteiger partial charge in [-0.3, -0.25) is 10.1 Å². The van der Waals surface area contributed by atoms with Crippen LogP contribution in [-0.4, -0.2) is 11.9 Å². The van der Waals surface area contributed by atoms with Gasteiger partial charge in [0.2, 0.25) is 5.91 Å². The third kappa shape index (κ3) is 4.57. The molecule has 4 heteroatoms. The van der Waals surface area contributed by atoms with Gasteiger partial charge in [0.1, 0.15) is 0 Å². The SMILES string of the molecule is CC(C1CCCCC1)C(NCc1ccccc1)C(=O)NC#N. The topological polar surface area (TPSA) is 64.9 Å². The van der Waals surface area contributed by atoms with Crippen LogP contribution >= 0.6 is 0 Å². The molecule has 1 saturated carbocycles. The maximum absolute atomic E-state index is 12.3. The highest BCUT2D eigenvalue weighted by Gasteiger charge is 2.31. The molecule has 0 aromatic heterocycles. The number of rotatable bonds is 6. The van der Waals surface area contributed by atoms with Crippen molar-refractivity contribution in [2.75, 3.05) is 0 Å². The van der Waals surface area contributed by atoms with Crippen molar-refractivity contribution < 1.29 is 4.79 Å². The van der Waals surface area contributed by atoms with Gasteiger partial charge in [0.25, 0.3) is 0 Å². The molecule has 0 saturated heterocycles. The number of carbonyl (C=O) groups excluding carboxylic acids is 1. The summed E-state index contributed by atoms with van der Waals surface area (Å²) in [5, 5.41) is 14.4. The van der Waals surface area contributed by atoms with Gasteiger partial charge >= 0.3 is 0 Å². The Balaban J connectivity index is 2.01. The van der Waals surface area contributed by atoms with E-state index in [1.807, 2.05) is 30.3 Å². The Bertz CT molecular complexity index is 503. The zero-order valence-corrected chi connectivity index (χ0v) is 13.2. The van der Waals surface area contributed by atoms with E-state index in [0.29, 0.717) is 12.5 Å². The van der Waals surface area contributed by atoms with E-state index in [1.165, 1.54) is 32.1 Å². The van der Waals surface area contributed by atoms with Crippen LogP contribution in [0.15, 0.2) is 30.3 Å². The summed E-state index contributed by atoms with van der Waals surface area (Å²) < 4.78 is 0. The Morgan fingerprint density at radius 1 is 1.27 bits per heavy atom. The summed E-state index contributed by atoms with van der Waals surface area (Å²) in [6, 6.07) is 9.73. The average Bonchev–Trinajstić information content (AvgIpc) is 2.57. The molecular weight excluding hydrogens is 274 g/mol. The standard InChI is InChI=1S/C18H25N3O/c1-14(16-10-6-3-7-11-16)17(18(22)21-13-19)20-12-15-8-4-2-5-9-15/h2,4-5,8-9,14,16-17,20H,3,6-7,10-12H2,1H3,(H,21,22). The first kappa shape index (κ1) is 16.5. The minimum absolute atomic E-state index is 0.212. The lowest BCUT2D eigenvalue weighted by Crippen LogP contribution is -2.48. The second-order valence-electron chi connectivity index (χ2n) is 6.20. The van der Waals surface area contributed by atoms with Crippen LogP contribution in [0.2, 0.25) is 0 Å². The van der Waals surface area contributed by atoms with Crippen molar-refractivity contribution in [3.05, 3.63) is 35.9 Å². The summed E-state index contributed by atoms with van der Waals surface area (Å²) >= 11 is 0. The van der Waals surface area contributed by atoms with Crippen LogP contribution in [0, 0.1) is 23.3 Å². The van der Waals surface area contributed by atoms with E-state index >= 15 is 0 Å². The Kier molecular flexibility index (Phi) is 6.42. The molecule has 22 heavy (non-hydrogen) atoms. The minimum Gasteiger partial charge on any atom is -0.301 e.